The summed E-state index contributed by atoms with van der Waals surface area (Å²) in [6.45, 7) is 4.74. The highest BCUT2D eigenvalue weighted by Gasteiger charge is 2.27. The van der Waals surface area contributed by atoms with E-state index in [0.717, 1.165) is 12.3 Å². The Labute approximate surface area is 66.4 Å². The second-order valence-electron chi connectivity index (χ2n) is 3.24. The Bertz CT molecular complexity index is 105. The van der Waals surface area contributed by atoms with E-state index in [-0.39, 0.29) is 6.04 Å². The normalized spacial score (nSPS) is 28.5. The lowest BCUT2D eigenvalue weighted by atomic mass is 10.0. The van der Waals surface area contributed by atoms with E-state index >= 15 is 0 Å². The molecule has 0 bridgehead atoms. The average molecular weight is 161 g/mol. The Hall–Kier alpha value is 0.270. The maximum absolute atomic E-state index is 9.57. The van der Waals surface area contributed by atoms with E-state index in [1.807, 2.05) is 25.6 Å². The van der Waals surface area contributed by atoms with Crippen molar-refractivity contribution in [2.24, 2.45) is 0 Å². The number of hydrogen-bond acceptors (Lipinski definition) is 3. The van der Waals surface area contributed by atoms with Crippen LogP contribution < -0.4 is 5.32 Å². The molecule has 0 spiro atoms. The van der Waals surface area contributed by atoms with Crippen LogP contribution in [0.4, 0.5) is 0 Å². The van der Waals surface area contributed by atoms with Crippen LogP contribution in [0.25, 0.3) is 0 Å². The van der Waals surface area contributed by atoms with E-state index in [2.05, 4.69) is 5.32 Å². The number of aliphatic hydroxyl groups is 1. The molecule has 1 rings (SSSR count). The molecule has 1 aliphatic heterocycles. The number of nitrogens with one attached hydrogen (secondary N) is 1. The molecule has 10 heavy (non-hydrogen) atoms. The molecule has 1 saturated heterocycles. The molecule has 1 atom stereocenters. The van der Waals surface area contributed by atoms with Gasteiger partial charge in [0.05, 0.1) is 5.60 Å². The highest BCUT2D eigenvalue weighted by molar-refractivity contribution is 7.99. The highest BCUT2D eigenvalue weighted by atomic mass is 32.2. The van der Waals surface area contributed by atoms with E-state index in [4.69, 9.17) is 0 Å². The van der Waals surface area contributed by atoms with Gasteiger partial charge in [-0.2, -0.15) is 11.8 Å². The van der Waals surface area contributed by atoms with Crippen LogP contribution in [0.3, 0.4) is 0 Å². The molecule has 0 amide bonds. The van der Waals surface area contributed by atoms with Crippen LogP contribution in [0.15, 0.2) is 0 Å². The molecule has 0 aromatic rings. The molecule has 3 heteroatoms. The molecular formula is C7H15NOS. The molecule has 1 unspecified atom stereocenters. The Balaban J connectivity index is 2.39. The largest absolute Gasteiger partial charge is 0.389 e. The van der Waals surface area contributed by atoms with Gasteiger partial charge in [0.25, 0.3) is 0 Å². The summed E-state index contributed by atoms with van der Waals surface area (Å²) in [7, 11) is 0. The number of rotatable bonds is 1. The predicted molar refractivity (Wildman–Crippen MR) is 45.4 cm³/mol. The summed E-state index contributed by atoms with van der Waals surface area (Å²) in [5.74, 6) is 2.20. The first-order valence-corrected chi connectivity index (χ1v) is 4.79. The fourth-order valence-electron chi connectivity index (χ4n) is 1.02. The lowest BCUT2D eigenvalue weighted by Gasteiger charge is -2.32. The molecule has 0 aromatic carbocycles. The molecule has 1 aliphatic rings. The van der Waals surface area contributed by atoms with Gasteiger partial charge in [-0.3, -0.25) is 0 Å². The van der Waals surface area contributed by atoms with Crippen molar-refractivity contribution in [2.45, 2.75) is 25.5 Å². The van der Waals surface area contributed by atoms with Crippen molar-refractivity contribution >= 4 is 11.8 Å². The molecule has 2 N–H and O–H groups in total. The first-order chi connectivity index (χ1) is 4.61. The Morgan fingerprint density at radius 3 is 2.60 bits per heavy atom. The van der Waals surface area contributed by atoms with Crippen molar-refractivity contribution in [3.05, 3.63) is 0 Å². The van der Waals surface area contributed by atoms with E-state index < -0.39 is 5.60 Å². The van der Waals surface area contributed by atoms with Crippen LogP contribution >= 0.6 is 11.8 Å². The molecule has 60 valence electrons. The molecule has 1 heterocycles. The third-order valence-corrected chi connectivity index (χ3v) is 2.84. The van der Waals surface area contributed by atoms with Crippen molar-refractivity contribution in [2.75, 3.05) is 18.1 Å². The van der Waals surface area contributed by atoms with E-state index in [9.17, 15) is 5.11 Å². The first-order valence-electron chi connectivity index (χ1n) is 3.64. The van der Waals surface area contributed by atoms with Gasteiger partial charge in [0.2, 0.25) is 0 Å². The maximum atomic E-state index is 9.57. The zero-order valence-electron chi connectivity index (χ0n) is 6.55. The summed E-state index contributed by atoms with van der Waals surface area (Å²) in [6, 6.07) is 0.270. The van der Waals surface area contributed by atoms with Crippen molar-refractivity contribution in [3.8, 4) is 0 Å². The standard InChI is InChI=1S/C7H15NOS/c1-7(2,9)6-5-10-4-3-8-6/h6,8-9H,3-5H2,1-2H3. The Morgan fingerprint density at radius 1 is 1.60 bits per heavy atom. The summed E-state index contributed by atoms with van der Waals surface area (Å²) in [6.07, 6.45) is 0. The van der Waals surface area contributed by atoms with Gasteiger partial charge in [-0.05, 0) is 13.8 Å². The maximum Gasteiger partial charge on any atom is 0.0752 e. The summed E-state index contributed by atoms with van der Waals surface area (Å²) in [5.41, 5.74) is -0.562. The van der Waals surface area contributed by atoms with Crippen molar-refractivity contribution < 1.29 is 5.11 Å². The fraction of sp³-hybridized carbons (Fsp3) is 1.00. The zero-order chi connectivity index (χ0) is 7.61. The Morgan fingerprint density at radius 2 is 2.30 bits per heavy atom. The topological polar surface area (TPSA) is 32.3 Å². The van der Waals surface area contributed by atoms with E-state index in [1.165, 1.54) is 5.75 Å². The summed E-state index contributed by atoms with van der Waals surface area (Å²) >= 11 is 1.91. The molecule has 1 fully saturated rings. The molecule has 0 radical (unpaired) electrons. The minimum atomic E-state index is -0.562. The molecule has 0 aromatic heterocycles. The fourth-order valence-corrected chi connectivity index (χ4v) is 2.21. The number of hydrogen-bond donors (Lipinski definition) is 2. The quantitative estimate of drug-likeness (QED) is 0.586. The van der Waals surface area contributed by atoms with Gasteiger partial charge in [-0.25, -0.2) is 0 Å². The Kier molecular flexibility index (Phi) is 2.61. The van der Waals surface area contributed by atoms with Crippen molar-refractivity contribution in [3.63, 3.8) is 0 Å². The van der Waals surface area contributed by atoms with Crippen LogP contribution in [0.1, 0.15) is 13.8 Å². The van der Waals surface area contributed by atoms with Crippen LogP contribution in [-0.4, -0.2) is 34.8 Å². The third kappa shape index (κ3) is 2.15. The number of thioether (sulfide) groups is 1. The third-order valence-electron chi connectivity index (χ3n) is 1.77. The summed E-state index contributed by atoms with van der Waals surface area (Å²) in [4.78, 5) is 0. The molecular weight excluding hydrogens is 146 g/mol. The lowest BCUT2D eigenvalue weighted by molar-refractivity contribution is 0.0459. The van der Waals surface area contributed by atoms with E-state index in [1.54, 1.807) is 0 Å². The highest BCUT2D eigenvalue weighted by Crippen LogP contribution is 2.17. The van der Waals surface area contributed by atoms with Gasteiger partial charge < -0.3 is 10.4 Å². The average Bonchev–Trinajstić information content (AvgIpc) is 1.88. The van der Waals surface area contributed by atoms with Crippen molar-refractivity contribution in [1.82, 2.24) is 5.32 Å². The molecule has 2 nitrogen and oxygen atoms in total. The monoisotopic (exact) mass is 161 g/mol. The van der Waals surface area contributed by atoms with E-state index in [0.29, 0.717) is 0 Å². The zero-order valence-corrected chi connectivity index (χ0v) is 7.37. The second-order valence-corrected chi connectivity index (χ2v) is 4.39. The first kappa shape index (κ1) is 8.37. The van der Waals surface area contributed by atoms with Crippen molar-refractivity contribution in [1.29, 1.82) is 0 Å². The SMILES string of the molecule is CC(C)(O)C1CSCCN1. The molecule has 0 aliphatic carbocycles. The minimum absolute atomic E-state index is 0.270. The van der Waals surface area contributed by atoms with Gasteiger partial charge in [0, 0.05) is 24.1 Å². The van der Waals surface area contributed by atoms with Gasteiger partial charge in [-0.1, -0.05) is 0 Å². The van der Waals surface area contributed by atoms with Crippen LogP contribution in [0.2, 0.25) is 0 Å². The van der Waals surface area contributed by atoms with Gasteiger partial charge in [-0.15, -0.1) is 0 Å². The van der Waals surface area contributed by atoms with Crippen LogP contribution in [0.5, 0.6) is 0 Å². The minimum Gasteiger partial charge on any atom is -0.389 e. The van der Waals surface area contributed by atoms with Crippen LogP contribution in [-0.2, 0) is 0 Å². The van der Waals surface area contributed by atoms with Gasteiger partial charge in [0.1, 0.15) is 0 Å². The van der Waals surface area contributed by atoms with Gasteiger partial charge in [0.15, 0.2) is 0 Å². The molecule has 0 saturated carbocycles. The summed E-state index contributed by atoms with van der Waals surface area (Å²) in [5, 5.41) is 12.9. The smallest absolute Gasteiger partial charge is 0.0752 e. The summed E-state index contributed by atoms with van der Waals surface area (Å²) < 4.78 is 0. The predicted octanol–water partition coefficient (Wildman–Crippen LogP) is 0.462. The lowest BCUT2D eigenvalue weighted by Crippen LogP contribution is -2.51. The second kappa shape index (κ2) is 3.11. The van der Waals surface area contributed by atoms with Gasteiger partial charge >= 0.3 is 0 Å². The van der Waals surface area contributed by atoms with Crippen LogP contribution in [0, 0.1) is 0 Å².